The van der Waals surface area contributed by atoms with Crippen LogP contribution in [0.1, 0.15) is 13.8 Å². The average Bonchev–Trinajstić information content (AvgIpc) is 1.68. The van der Waals surface area contributed by atoms with E-state index in [1.54, 1.807) is 0 Å². The van der Waals surface area contributed by atoms with Crippen molar-refractivity contribution < 1.29 is 11.5 Å². The van der Waals surface area contributed by atoms with E-state index in [9.17, 15) is 0 Å². The molecule has 8 heavy (non-hydrogen) atoms. The quantitative estimate of drug-likeness (QED) is 0.623. The molecule has 0 aromatic rings. The molecule has 0 unspecified atom stereocenters. The normalized spacial score (nSPS) is 10.5. The summed E-state index contributed by atoms with van der Waals surface area (Å²) in [5.74, 6) is 0. The maximum atomic E-state index is 8.75. The molecule has 0 rings (SSSR count). The van der Waals surface area contributed by atoms with Crippen molar-refractivity contribution in [2.24, 2.45) is 0 Å². The first kappa shape index (κ1) is 8.44. The Labute approximate surface area is 54.9 Å². The van der Waals surface area contributed by atoms with Crippen molar-refractivity contribution in [1.82, 2.24) is 0 Å². The van der Waals surface area contributed by atoms with Crippen LogP contribution in [-0.2, 0) is 7.45 Å². The van der Waals surface area contributed by atoms with Gasteiger partial charge in [-0.1, -0.05) is 0 Å². The summed E-state index contributed by atoms with van der Waals surface area (Å²) in [5, 5.41) is 0. The van der Waals surface area contributed by atoms with Gasteiger partial charge in [-0.05, 0) is 0 Å². The molecule has 0 aliphatic heterocycles. The van der Waals surface area contributed by atoms with Gasteiger partial charge in [-0.15, -0.1) is 0 Å². The van der Waals surface area contributed by atoms with Crippen molar-refractivity contribution in [3.63, 3.8) is 0 Å². The van der Waals surface area contributed by atoms with Crippen LogP contribution in [-0.4, -0.2) is 33.0 Å². The summed E-state index contributed by atoms with van der Waals surface area (Å²) >= 11 is -2.26. The average molecular weight is 182 g/mol. The van der Waals surface area contributed by atoms with Crippen LogP contribution in [0.3, 0.4) is 0 Å². The molecule has 0 aliphatic rings. The van der Waals surface area contributed by atoms with Gasteiger partial charge in [0.25, 0.3) is 0 Å². The fourth-order valence-electron chi connectivity index (χ4n) is 0.258. The molecule has 0 atom stereocenters. The van der Waals surface area contributed by atoms with E-state index in [1.807, 2.05) is 13.8 Å². The third kappa shape index (κ3) is 4.59. The van der Waals surface area contributed by atoms with Crippen LogP contribution in [0.25, 0.3) is 0 Å². The summed E-state index contributed by atoms with van der Waals surface area (Å²) in [5.41, 5.74) is 0. The number of hydrogen-bond donors (Lipinski definition) is 1. The Kier molecular flexibility index (Phi) is 5.88. The molecule has 0 radical (unpaired) electrons. The maximum absolute atomic E-state index is 8.75. The van der Waals surface area contributed by atoms with Crippen LogP contribution >= 0.6 is 0 Å². The van der Waals surface area contributed by atoms with E-state index in [1.165, 1.54) is 0 Å². The fraction of sp³-hybridized carbons (Fsp3) is 1.00. The van der Waals surface area contributed by atoms with E-state index in [2.05, 4.69) is 0 Å². The Morgan fingerprint density at radius 3 is 1.88 bits per heavy atom. The summed E-state index contributed by atoms with van der Waals surface area (Å²) < 4.78 is 18.3. The van der Waals surface area contributed by atoms with Crippen molar-refractivity contribution in [1.29, 1.82) is 0 Å². The van der Waals surface area contributed by atoms with Crippen LogP contribution in [0.5, 0.6) is 0 Å². The molecule has 0 spiro atoms. The van der Waals surface area contributed by atoms with Gasteiger partial charge >= 0.3 is 54.3 Å². The molecule has 0 heterocycles. The van der Waals surface area contributed by atoms with E-state index < -0.39 is 15.7 Å². The van der Waals surface area contributed by atoms with Crippen LogP contribution in [0.15, 0.2) is 0 Å². The molecule has 0 fully saturated rings. The molecule has 0 bridgehead atoms. The summed E-state index contributed by atoms with van der Waals surface area (Å²) in [6.07, 6.45) is 0. The fourth-order valence-corrected chi connectivity index (χ4v) is 1.34. The van der Waals surface area contributed by atoms with Gasteiger partial charge in [-0.3, -0.25) is 0 Å². The molecule has 0 aliphatic carbocycles. The molecule has 4 heteroatoms. The second kappa shape index (κ2) is 5.57. The predicted octanol–water partition coefficient (Wildman–Crippen LogP) is 0.0366. The zero-order valence-corrected chi connectivity index (χ0v) is 7.00. The van der Waals surface area contributed by atoms with Crippen molar-refractivity contribution in [3.8, 4) is 0 Å². The Balaban J connectivity index is 2.92. The summed E-state index contributed by atoms with van der Waals surface area (Å²) in [7, 11) is 0. The molecule has 0 amide bonds. The minimum atomic E-state index is -2.26. The molecule has 1 N–H and O–H groups in total. The zero-order chi connectivity index (χ0) is 6.41. The third-order valence-corrected chi connectivity index (χ3v) is 2.49. The monoisotopic (exact) mass is 182 g/mol. The molecule has 0 aromatic heterocycles. The third-order valence-electron chi connectivity index (χ3n) is 0.479. The van der Waals surface area contributed by atoms with Gasteiger partial charge < -0.3 is 0 Å². The van der Waals surface area contributed by atoms with Crippen molar-refractivity contribution in [2.45, 2.75) is 13.8 Å². The Hall–Kier alpha value is 0.438. The predicted molar refractivity (Wildman–Crippen MR) is 31.2 cm³/mol. The summed E-state index contributed by atoms with van der Waals surface area (Å²) in [6, 6.07) is 0. The van der Waals surface area contributed by atoms with Gasteiger partial charge in [0.15, 0.2) is 0 Å². The van der Waals surface area contributed by atoms with Crippen LogP contribution < -0.4 is 0 Å². The van der Waals surface area contributed by atoms with E-state index in [0.717, 1.165) is 0 Å². The van der Waals surface area contributed by atoms with Gasteiger partial charge in [-0.2, -0.15) is 0 Å². The first-order valence-electron chi connectivity index (χ1n) is 2.56. The zero-order valence-electron chi connectivity index (χ0n) is 5.13. The second-order valence-electron chi connectivity index (χ2n) is 1.07. The van der Waals surface area contributed by atoms with Gasteiger partial charge in [0, 0.05) is 0 Å². The number of rotatable bonds is 4. The van der Waals surface area contributed by atoms with Crippen molar-refractivity contribution in [3.05, 3.63) is 0 Å². The van der Waals surface area contributed by atoms with Gasteiger partial charge in [0.2, 0.25) is 0 Å². The SMILES string of the molecule is CCO[As](O)OCC. The first-order chi connectivity index (χ1) is 3.81. The van der Waals surface area contributed by atoms with Crippen molar-refractivity contribution in [2.75, 3.05) is 13.2 Å². The number of hydrogen-bond acceptors (Lipinski definition) is 3. The van der Waals surface area contributed by atoms with E-state index in [-0.39, 0.29) is 0 Å². The van der Waals surface area contributed by atoms with E-state index in [4.69, 9.17) is 11.5 Å². The van der Waals surface area contributed by atoms with Crippen LogP contribution in [0.2, 0.25) is 0 Å². The molecular weight excluding hydrogens is 171 g/mol. The topological polar surface area (TPSA) is 38.7 Å². The van der Waals surface area contributed by atoms with Gasteiger partial charge in [-0.25, -0.2) is 0 Å². The molecule has 3 nitrogen and oxygen atoms in total. The standard InChI is InChI=1S/C4H11AsO3/c1-3-7-5(6)8-4-2/h6H,3-4H2,1-2H3. The van der Waals surface area contributed by atoms with E-state index in [0.29, 0.717) is 13.2 Å². The van der Waals surface area contributed by atoms with Crippen molar-refractivity contribution >= 4 is 15.7 Å². The minimum absolute atomic E-state index is 0.538. The van der Waals surface area contributed by atoms with Crippen LogP contribution in [0.4, 0.5) is 0 Å². The Morgan fingerprint density at radius 1 is 1.25 bits per heavy atom. The molecular formula is C4H11AsO3. The summed E-state index contributed by atoms with van der Waals surface area (Å²) in [6.45, 7) is 4.74. The molecule has 0 saturated heterocycles. The second-order valence-corrected chi connectivity index (χ2v) is 3.15. The van der Waals surface area contributed by atoms with Gasteiger partial charge in [0.1, 0.15) is 0 Å². The first-order valence-corrected chi connectivity index (χ1v) is 4.93. The van der Waals surface area contributed by atoms with E-state index >= 15 is 0 Å². The van der Waals surface area contributed by atoms with Gasteiger partial charge in [0.05, 0.1) is 0 Å². The molecule has 0 saturated carbocycles. The summed E-state index contributed by atoms with van der Waals surface area (Å²) in [4.78, 5) is 0. The Morgan fingerprint density at radius 2 is 1.62 bits per heavy atom. The molecule has 50 valence electrons. The molecule has 0 aromatic carbocycles. The Bertz CT molecular complexity index is 44.5. The van der Waals surface area contributed by atoms with Crippen LogP contribution in [0, 0.1) is 0 Å².